The maximum atomic E-state index is 14.2. The second-order valence-corrected chi connectivity index (χ2v) is 12.2. The van der Waals surface area contributed by atoms with Gasteiger partial charge in [-0.25, -0.2) is 19.5 Å². The summed E-state index contributed by atoms with van der Waals surface area (Å²) >= 11 is 17.1. The van der Waals surface area contributed by atoms with Crippen molar-refractivity contribution in [3.8, 4) is 17.6 Å². The number of carbonyl (C=O) groups excluding carboxylic acids is 1. The predicted molar refractivity (Wildman–Crippen MR) is 170 cm³/mol. The summed E-state index contributed by atoms with van der Waals surface area (Å²) in [6, 6.07) is 18.0. The SMILES string of the molecule is CC1(C)C(C=C(Cl)Cl)C1C(=O)OC(C#N)c1ccc(F)c(Oc2ccccc2)c1.O=[N+]([O-])/N=C1\NCCN1Cc1ccc(Cl)nc1. The molecule has 2 heterocycles. The van der Waals surface area contributed by atoms with E-state index in [0.717, 1.165) is 5.56 Å². The lowest BCUT2D eigenvalue weighted by Crippen LogP contribution is -2.30. The molecule has 3 unspecified atom stereocenters. The van der Waals surface area contributed by atoms with Gasteiger partial charge in [-0.05, 0) is 53.3 Å². The number of hydrogen-bond acceptors (Lipinski definition) is 7. The van der Waals surface area contributed by atoms with Crippen molar-refractivity contribution in [2.75, 3.05) is 13.1 Å². The van der Waals surface area contributed by atoms with Crippen LogP contribution in [0.25, 0.3) is 0 Å². The Morgan fingerprint density at radius 1 is 1.28 bits per heavy atom. The van der Waals surface area contributed by atoms with Crippen LogP contribution in [0.3, 0.4) is 0 Å². The molecule has 15 heteroatoms. The summed E-state index contributed by atoms with van der Waals surface area (Å²) in [5, 5.41) is 25.7. The number of aromatic nitrogens is 1. The number of hydrazone groups is 1. The van der Waals surface area contributed by atoms with Crippen LogP contribution >= 0.6 is 34.8 Å². The van der Waals surface area contributed by atoms with E-state index in [1.807, 2.05) is 32.0 Å². The summed E-state index contributed by atoms with van der Waals surface area (Å²) in [4.78, 5) is 28.7. The summed E-state index contributed by atoms with van der Waals surface area (Å²) in [6.07, 6.45) is 2.04. The lowest BCUT2D eigenvalue weighted by atomic mass is 10.1. The molecular weight excluding hydrogens is 662 g/mol. The lowest BCUT2D eigenvalue weighted by molar-refractivity contribution is -0.485. The number of carbonyl (C=O) groups is 1. The Morgan fingerprint density at radius 3 is 2.65 bits per heavy atom. The first-order chi connectivity index (χ1) is 21.9. The second-order valence-electron chi connectivity index (χ2n) is 10.8. The number of guanidine groups is 1. The Labute approximate surface area is 279 Å². The van der Waals surface area contributed by atoms with Crippen LogP contribution in [-0.4, -0.2) is 39.9 Å². The first-order valence-corrected chi connectivity index (χ1v) is 15.0. The van der Waals surface area contributed by atoms with Crippen LogP contribution in [0.4, 0.5) is 4.39 Å². The monoisotopic (exact) mass is 688 g/mol. The highest BCUT2D eigenvalue weighted by Gasteiger charge is 2.62. The standard InChI is InChI=1S/C22H18Cl2FNO3.C9H10ClN5O2/c1-22(2)15(11-19(23)24)20(22)21(27)29-18(12-26)13-8-9-16(25)17(10-13)28-14-6-4-3-5-7-14;10-8-2-1-7(5-12-8)6-14-4-3-11-9(14)13-15(16)17/h3-11,15,18,20H,1-2H3;1-2,5H,3-4,6H2,(H,11,13). The van der Waals surface area contributed by atoms with Crippen LogP contribution in [0.15, 0.2) is 82.5 Å². The van der Waals surface area contributed by atoms with Gasteiger partial charge in [0.05, 0.1) is 5.92 Å². The Bertz CT molecular complexity index is 1660. The van der Waals surface area contributed by atoms with Gasteiger partial charge in [0.2, 0.25) is 6.10 Å². The highest BCUT2D eigenvalue weighted by Crippen LogP contribution is 2.60. The van der Waals surface area contributed by atoms with Gasteiger partial charge in [-0.15, -0.1) is 0 Å². The van der Waals surface area contributed by atoms with Crippen molar-refractivity contribution in [2.24, 2.45) is 22.4 Å². The molecule has 0 spiro atoms. The van der Waals surface area contributed by atoms with Crippen molar-refractivity contribution in [1.82, 2.24) is 15.2 Å². The van der Waals surface area contributed by atoms with Gasteiger partial charge in [-0.2, -0.15) is 5.26 Å². The minimum atomic E-state index is -1.20. The first kappa shape index (κ1) is 34.4. The number of nitrogens with zero attached hydrogens (tertiary/aromatic N) is 5. The first-order valence-electron chi connectivity index (χ1n) is 13.9. The largest absolute Gasteiger partial charge is 0.454 e. The summed E-state index contributed by atoms with van der Waals surface area (Å²) < 4.78 is 25.2. The number of pyridine rings is 1. The Hall–Kier alpha value is -4.44. The van der Waals surface area contributed by atoms with E-state index < -0.39 is 28.8 Å². The summed E-state index contributed by atoms with van der Waals surface area (Å²) in [5.74, 6) is -1.10. The van der Waals surface area contributed by atoms with Gasteiger partial charge in [0.15, 0.2) is 16.6 Å². The van der Waals surface area contributed by atoms with Gasteiger partial charge in [-0.1, -0.05) is 79.0 Å². The topological polar surface area (TPSA) is 143 Å². The van der Waals surface area contributed by atoms with Crippen LogP contribution in [0.1, 0.15) is 31.1 Å². The summed E-state index contributed by atoms with van der Waals surface area (Å²) in [5.41, 5.74) is 0.861. The number of rotatable bonds is 9. The van der Waals surface area contributed by atoms with E-state index in [4.69, 9.17) is 44.3 Å². The van der Waals surface area contributed by atoms with Crippen LogP contribution in [0.5, 0.6) is 11.5 Å². The molecule has 2 fully saturated rings. The number of halogens is 4. The van der Waals surface area contributed by atoms with E-state index in [1.165, 1.54) is 18.2 Å². The Balaban J connectivity index is 0.000000240. The molecule has 1 saturated carbocycles. The highest BCUT2D eigenvalue weighted by molar-refractivity contribution is 6.55. The molecule has 1 saturated heterocycles. The summed E-state index contributed by atoms with van der Waals surface area (Å²) in [7, 11) is 0. The van der Waals surface area contributed by atoms with Crippen molar-refractivity contribution >= 4 is 46.7 Å². The molecule has 11 nitrogen and oxygen atoms in total. The third kappa shape index (κ3) is 9.06. The molecule has 240 valence electrons. The molecule has 1 aliphatic carbocycles. The fourth-order valence-electron chi connectivity index (χ4n) is 4.88. The van der Waals surface area contributed by atoms with Gasteiger partial charge in [-0.3, -0.25) is 4.79 Å². The van der Waals surface area contributed by atoms with Gasteiger partial charge in [0.25, 0.3) is 5.96 Å². The number of nitrogens with one attached hydrogen (secondary N) is 1. The van der Waals surface area contributed by atoms with Crippen LogP contribution in [0.2, 0.25) is 5.15 Å². The third-order valence-electron chi connectivity index (χ3n) is 7.35. The van der Waals surface area contributed by atoms with Gasteiger partial charge in [0, 0.05) is 31.4 Å². The number of esters is 1. The number of allylic oxidation sites excluding steroid dienone is 1. The average Bonchev–Trinajstić information content (AvgIpc) is 3.29. The van der Waals surface area contributed by atoms with E-state index in [-0.39, 0.29) is 27.5 Å². The van der Waals surface area contributed by atoms with Crippen molar-refractivity contribution < 1.29 is 23.7 Å². The van der Waals surface area contributed by atoms with E-state index in [9.17, 15) is 24.6 Å². The van der Waals surface area contributed by atoms with Crippen molar-refractivity contribution in [3.05, 3.63) is 110 Å². The minimum absolute atomic E-state index is 0.0634. The molecule has 2 aromatic carbocycles. The molecule has 1 aliphatic heterocycles. The van der Waals surface area contributed by atoms with Crippen molar-refractivity contribution in [3.63, 3.8) is 0 Å². The fraction of sp³-hybridized carbons (Fsp3) is 0.290. The molecule has 0 radical (unpaired) electrons. The zero-order chi connectivity index (χ0) is 33.4. The Kier molecular flexibility index (Phi) is 11.4. The number of hydrogen-bond donors (Lipinski definition) is 1. The smallest absolute Gasteiger partial charge is 0.311 e. The number of nitriles is 1. The van der Waals surface area contributed by atoms with E-state index >= 15 is 0 Å². The average molecular weight is 690 g/mol. The molecule has 3 aromatic rings. The quantitative estimate of drug-likeness (QED) is 0.109. The Morgan fingerprint density at radius 2 is 2.02 bits per heavy atom. The molecule has 1 N–H and O–H groups in total. The van der Waals surface area contributed by atoms with Gasteiger partial charge < -0.3 is 19.7 Å². The summed E-state index contributed by atoms with van der Waals surface area (Å²) in [6.45, 7) is 5.62. The molecule has 2 aliphatic rings. The zero-order valence-electron chi connectivity index (χ0n) is 24.6. The number of para-hydroxylation sites is 1. The second kappa shape index (κ2) is 15.2. The zero-order valence-corrected chi connectivity index (χ0v) is 26.8. The van der Waals surface area contributed by atoms with Gasteiger partial charge in [0.1, 0.15) is 26.6 Å². The molecule has 1 aromatic heterocycles. The van der Waals surface area contributed by atoms with Crippen LogP contribution in [-0.2, 0) is 16.1 Å². The number of ether oxygens (including phenoxy) is 2. The maximum Gasteiger partial charge on any atom is 0.311 e. The predicted octanol–water partition coefficient (Wildman–Crippen LogP) is 7.00. The van der Waals surface area contributed by atoms with Crippen molar-refractivity contribution in [1.29, 1.82) is 5.26 Å². The molecule has 3 atom stereocenters. The molecule has 5 rings (SSSR count). The molecular formula is C31H28Cl3FN6O5. The minimum Gasteiger partial charge on any atom is -0.454 e. The highest BCUT2D eigenvalue weighted by atomic mass is 35.5. The molecule has 0 amide bonds. The lowest BCUT2D eigenvalue weighted by Gasteiger charge is -2.14. The van der Waals surface area contributed by atoms with E-state index in [2.05, 4.69) is 15.4 Å². The van der Waals surface area contributed by atoms with E-state index in [0.29, 0.717) is 36.1 Å². The third-order valence-corrected chi connectivity index (χ3v) is 7.83. The van der Waals surface area contributed by atoms with Gasteiger partial charge >= 0.3 is 5.97 Å². The number of nitro groups is 1. The number of benzene rings is 2. The molecule has 0 bridgehead atoms. The van der Waals surface area contributed by atoms with Crippen LogP contribution < -0.4 is 10.1 Å². The van der Waals surface area contributed by atoms with E-state index in [1.54, 1.807) is 47.5 Å². The maximum absolute atomic E-state index is 14.2. The van der Waals surface area contributed by atoms with Crippen LogP contribution in [0, 0.1) is 44.5 Å². The fourth-order valence-corrected chi connectivity index (χ4v) is 5.26. The van der Waals surface area contributed by atoms with Crippen molar-refractivity contribution in [2.45, 2.75) is 26.5 Å². The molecule has 46 heavy (non-hydrogen) atoms. The normalized spacial score (nSPS) is 19.1.